The molecule has 6 atom stereocenters. The first-order valence-electron chi connectivity index (χ1n) is 7.83. The molecule has 0 spiro atoms. The van der Waals surface area contributed by atoms with E-state index in [2.05, 4.69) is 12.2 Å². The number of rotatable bonds is 2. The van der Waals surface area contributed by atoms with Crippen molar-refractivity contribution in [2.24, 2.45) is 35.5 Å². The van der Waals surface area contributed by atoms with Crippen molar-refractivity contribution in [3.05, 3.63) is 48.0 Å². The van der Waals surface area contributed by atoms with Crippen LogP contribution in [0.25, 0.3) is 0 Å². The van der Waals surface area contributed by atoms with E-state index in [1.54, 1.807) is 0 Å². The quantitative estimate of drug-likeness (QED) is 0.615. The van der Waals surface area contributed by atoms with Gasteiger partial charge in [0.25, 0.3) is 0 Å². The SMILES string of the molecule is O=C1[C@@H]2[C@H]3C=C[C@@H]([C@@H]4C[C@H]34)[C@@H]2C(=O)N1Cc1ccccc1. The minimum Gasteiger partial charge on any atom is -0.278 e. The molecule has 0 aromatic heterocycles. The zero-order chi connectivity index (χ0) is 14.1. The van der Waals surface area contributed by atoms with E-state index in [4.69, 9.17) is 0 Å². The fourth-order valence-electron chi connectivity index (χ4n) is 4.94. The molecule has 5 aliphatic rings. The molecule has 1 aliphatic heterocycles. The van der Waals surface area contributed by atoms with Gasteiger partial charge in [0.2, 0.25) is 11.8 Å². The summed E-state index contributed by atoms with van der Waals surface area (Å²) in [5.41, 5.74) is 1.03. The van der Waals surface area contributed by atoms with Gasteiger partial charge in [-0.2, -0.15) is 0 Å². The molecule has 0 unspecified atom stereocenters. The lowest BCUT2D eigenvalue weighted by Gasteiger charge is -2.37. The number of carbonyl (C=O) groups excluding carboxylic acids is 2. The Morgan fingerprint density at radius 1 is 0.905 bits per heavy atom. The number of nitrogens with zero attached hydrogens (tertiary/aromatic N) is 1. The summed E-state index contributed by atoms with van der Waals surface area (Å²) in [6.45, 7) is 0.431. The highest BCUT2D eigenvalue weighted by molar-refractivity contribution is 6.06. The van der Waals surface area contributed by atoms with Crippen molar-refractivity contribution in [3.63, 3.8) is 0 Å². The average molecular weight is 279 g/mol. The van der Waals surface area contributed by atoms with E-state index in [1.807, 2.05) is 30.3 Å². The molecule has 6 rings (SSSR count). The standard InChI is InChI=1S/C18H17NO2/c20-17-15-11-6-7-12(14-8-13(11)14)16(15)18(21)19(17)9-10-4-2-1-3-5-10/h1-7,11-16H,8-9H2/t11-,12-,13-,14+,15-,16+/m0/s1. The maximum atomic E-state index is 12.8. The summed E-state index contributed by atoms with van der Waals surface area (Å²) in [4.78, 5) is 27.1. The molecule has 0 N–H and O–H groups in total. The molecule has 1 aromatic rings. The summed E-state index contributed by atoms with van der Waals surface area (Å²) in [5.74, 6) is 1.99. The smallest absolute Gasteiger partial charge is 0.234 e. The molecule has 0 radical (unpaired) electrons. The Balaban J connectivity index is 1.49. The van der Waals surface area contributed by atoms with Gasteiger partial charge in [0.1, 0.15) is 0 Å². The lowest BCUT2D eigenvalue weighted by molar-refractivity contribution is -0.140. The first-order valence-corrected chi connectivity index (χ1v) is 7.83. The molecule has 3 nitrogen and oxygen atoms in total. The highest BCUT2D eigenvalue weighted by Crippen LogP contribution is 2.65. The predicted octanol–water partition coefficient (Wildman–Crippen LogP) is 2.24. The normalized spacial score (nSPS) is 42.2. The van der Waals surface area contributed by atoms with Crippen LogP contribution >= 0.6 is 0 Å². The number of amides is 2. The van der Waals surface area contributed by atoms with Gasteiger partial charge in [-0.05, 0) is 35.7 Å². The molecule has 1 aromatic carbocycles. The summed E-state index contributed by atoms with van der Waals surface area (Å²) in [7, 11) is 0. The summed E-state index contributed by atoms with van der Waals surface area (Å²) in [6.07, 6.45) is 5.66. The Morgan fingerprint density at radius 3 is 2.05 bits per heavy atom. The second kappa shape index (κ2) is 3.85. The molecule has 21 heavy (non-hydrogen) atoms. The van der Waals surface area contributed by atoms with Crippen LogP contribution in [0.5, 0.6) is 0 Å². The number of allylic oxidation sites excluding steroid dienone is 2. The third-order valence-electron chi connectivity index (χ3n) is 5.94. The molecule has 106 valence electrons. The maximum absolute atomic E-state index is 12.8. The van der Waals surface area contributed by atoms with Crippen LogP contribution in [0.2, 0.25) is 0 Å². The van der Waals surface area contributed by atoms with Crippen molar-refractivity contribution in [2.45, 2.75) is 13.0 Å². The van der Waals surface area contributed by atoms with Gasteiger partial charge in [-0.3, -0.25) is 14.5 Å². The number of hydrogen-bond acceptors (Lipinski definition) is 2. The van der Waals surface area contributed by atoms with Crippen molar-refractivity contribution in [2.75, 3.05) is 0 Å². The first-order chi connectivity index (χ1) is 10.3. The third kappa shape index (κ3) is 1.44. The van der Waals surface area contributed by atoms with Crippen molar-refractivity contribution < 1.29 is 9.59 Å². The molecular weight excluding hydrogens is 262 g/mol. The topological polar surface area (TPSA) is 37.4 Å². The number of carbonyl (C=O) groups is 2. The zero-order valence-corrected chi connectivity index (χ0v) is 11.7. The summed E-state index contributed by atoms with van der Waals surface area (Å²) < 4.78 is 0. The second-order valence-corrected chi connectivity index (χ2v) is 6.90. The van der Waals surface area contributed by atoms with Gasteiger partial charge in [-0.1, -0.05) is 42.5 Å². The number of imide groups is 1. The summed E-state index contributed by atoms with van der Waals surface area (Å²) in [6, 6.07) is 9.82. The maximum Gasteiger partial charge on any atom is 0.234 e. The molecule has 2 bridgehead atoms. The second-order valence-electron chi connectivity index (χ2n) is 6.90. The van der Waals surface area contributed by atoms with Crippen molar-refractivity contribution in [1.29, 1.82) is 0 Å². The van der Waals surface area contributed by atoms with Crippen LogP contribution in [0.4, 0.5) is 0 Å². The van der Waals surface area contributed by atoms with E-state index in [0.717, 1.165) is 5.56 Å². The predicted molar refractivity (Wildman–Crippen MR) is 76.7 cm³/mol. The molecule has 3 fully saturated rings. The minimum absolute atomic E-state index is 0.0681. The lowest BCUT2D eigenvalue weighted by atomic mass is 9.63. The highest BCUT2D eigenvalue weighted by Gasteiger charge is 2.66. The monoisotopic (exact) mass is 279 g/mol. The van der Waals surface area contributed by atoms with E-state index < -0.39 is 0 Å². The number of likely N-dealkylation sites (tertiary alicyclic amines) is 1. The molecule has 3 heteroatoms. The summed E-state index contributed by atoms with van der Waals surface area (Å²) >= 11 is 0. The zero-order valence-electron chi connectivity index (χ0n) is 11.7. The van der Waals surface area contributed by atoms with Crippen LogP contribution in [-0.2, 0) is 16.1 Å². The van der Waals surface area contributed by atoms with E-state index in [9.17, 15) is 9.59 Å². The molecular formula is C18H17NO2. The minimum atomic E-state index is -0.0695. The van der Waals surface area contributed by atoms with E-state index in [-0.39, 0.29) is 23.7 Å². The van der Waals surface area contributed by atoms with Gasteiger partial charge < -0.3 is 0 Å². The van der Waals surface area contributed by atoms with Crippen LogP contribution in [-0.4, -0.2) is 16.7 Å². The van der Waals surface area contributed by atoms with E-state index in [1.165, 1.54) is 11.3 Å². The molecule has 4 aliphatic carbocycles. The number of benzene rings is 1. The fraction of sp³-hybridized carbons (Fsp3) is 0.444. The van der Waals surface area contributed by atoms with Gasteiger partial charge in [-0.15, -0.1) is 0 Å². The number of hydrogen-bond donors (Lipinski definition) is 0. The Bertz CT molecular complexity index is 629. The Kier molecular flexibility index (Phi) is 2.15. The van der Waals surface area contributed by atoms with Gasteiger partial charge in [0, 0.05) is 0 Å². The largest absolute Gasteiger partial charge is 0.278 e. The molecule has 2 amide bonds. The molecule has 2 saturated carbocycles. The fourth-order valence-corrected chi connectivity index (χ4v) is 4.94. The molecule has 1 heterocycles. The van der Waals surface area contributed by atoms with Crippen LogP contribution in [0.3, 0.4) is 0 Å². The van der Waals surface area contributed by atoms with Crippen molar-refractivity contribution >= 4 is 11.8 Å². The van der Waals surface area contributed by atoms with Gasteiger partial charge >= 0.3 is 0 Å². The van der Waals surface area contributed by atoms with Crippen LogP contribution in [0.1, 0.15) is 12.0 Å². The highest BCUT2D eigenvalue weighted by atomic mass is 16.2. The van der Waals surface area contributed by atoms with Crippen molar-refractivity contribution in [3.8, 4) is 0 Å². The van der Waals surface area contributed by atoms with E-state index in [0.29, 0.717) is 30.2 Å². The third-order valence-corrected chi connectivity index (χ3v) is 5.94. The Hall–Kier alpha value is -1.90. The summed E-state index contributed by atoms with van der Waals surface area (Å²) in [5, 5.41) is 0. The Labute approximate surface area is 123 Å². The van der Waals surface area contributed by atoms with E-state index >= 15 is 0 Å². The first kappa shape index (κ1) is 11.7. The van der Waals surface area contributed by atoms with Crippen molar-refractivity contribution in [1.82, 2.24) is 4.90 Å². The van der Waals surface area contributed by atoms with Crippen LogP contribution < -0.4 is 0 Å². The van der Waals surface area contributed by atoms with Gasteiger partial charge in [0.05, 0.1) is 18.4 Å². The van der Waals surface area contributed by atoms with Gasteiger partial charge in [-0.25, -0.2) is 0 Å². The van der Waals surface area contributed by atoms with Crippen LogP contribution in [0, 0.1) is 35.5 Å². The van der Waals surface area contributed by atoms with Crippen LogP contribution in [0.15, 0.2) is 42.5 Å². The Morgan fingerprint density at radius 2 is 1.48 bits per heavy atom. The molecule has 1 saturated heterocycles. The lowest BCUT2D eigenvalue weighted by Crippen LogP contribution is -2.40. The van der Waals surface area contributed by atoms with Gasteiger partial charge in [0.15, 0.2) is 0 Å². The average Bonchev–Trinajstić information content (AvgIpc) is 3.30.